The van der Waals surface area contributed by atoms with Crippen molar-refractivity contribution in [1.82, 2.24) is 20.3 Å². The molecule has 0 spiro atoms. The number of imidazole rings is 1. The lowest BCUT2D eigenvalue weighted by atomic mass is 10.0. The number of fused-ring (bicyclic) bond motifs is 1. The van der Waals surface area contributed by atoms with Gasteiger partial charge in [-0.15, -0.1) is 0 Å². The van der Waals surface area contributed by atoms with Crippen molar-refractivity contribution in [2.45, 2.75) is 25.8 Å². The van der Waals surface area contributed by atoms with E-state index in [9.17, 15) is 14.4 Å². The number of anilines is 1. The molecule has 1 unspecified atom stereocenters. The molecule has 3 heterocycles. The second kappa shape index (κ2) is 10.5. The number of primary amides is 1. The number of pyridine rings is 1. The smallest absolute Gasteiger partial charge is 0.323 e. The van der Waals surface area contributed by atoms with E-state index in [4.69, 9.17) is 15.5 Å². The molecule has 0 radical (unpaired) electrons. The van der Waals surface area contributed by atoms with Crippen LogP contribution in [0.25, 0.3) is 22.3 Å². The van der Waals surface area contributed by atoms with Gasteiger partial charge in [-0.05, 0) is 62.1 Å². The molecule has 192 valence electrons. The molecule has 1 saturated heterocycles. The molecular formula is C28H26N6O4. The lowest BCUT2D eigenvalue weighted by molar-refractivity contribution is -0.116. The minimum atomic E-state index is -0.717. The van der Waals surface area contributed by atoms with E-state index in [0.717, 1.165) is 12.8 Å². The maximum Gasteiger partial charge on any atom is 0.323 e. The minimum absolute atomic E-state index is 0.110. The highest BCUT2D eigenvalue weighted by Crippen LogP contribution is 2.34. The SMILES string of the molecule is CC#CC(=O)NC1CCCN(c2nc(-c3ccc(Oc4ccccc4)cc3)c(C(N)=O)c3[nH]c(=O)[nH]c23)C1. The third-order valence-electron chi connectivity index (χ3n) is 6.30. The van der Waals surface area contributed by atoms with E-state index in [2.05, 4.69) is 27.1 Å². The Morgan fingerprint density at radius 1 is 1.08 bits per heavy atom. The number of amides is 2. The average Bonchev–Trinajstić information content (AvgIpc) is 3.29. The van der Waals surface area contributed by atoms with Crippen LogP contribution < -0.4 is 26.4 Å². The molecule has 5 N–H and O–H groups in total. The molecule has 4 aromatic rings. The number of H-pyrrole nitrogens is 2. The highest BCUT2D eigenvalue weighted by atomic mass is 16.5. The number of aromatic nitrogens is 3. The summed E-state index contributed by atoms with van der Waals surface area (Å²) in [5.74, 6) is 5.85. The molecule has 2 amide bonds. The number of benzene rings is 2. The predicted molar refractivity (Wildman–Crippen MR) is 144 cm³/mol. The van der Waals surface area contributed by atoms with Crippen molar-refractivity contribution in [3.8, 4) is 34.6 Å². The maximum absolute atomic E-state index is 12.6. The van der Waals surface area contributed by atoms with E-state index in [1.54, 1.807) is 31.2 Å². The van der Waals surface area contributed by atoms with Crippen LogP contribution in [0.1, 0.15) is 30.1 Å². The fourth-order valence-corrected chi connectivity index (χ4v) is 4.68. The summed E-state index contributed by atoms with van der Waals surface area (Å²) in [5, 5.41) is 2.93. The van der Waals surface area contributed by atoms with E-state index in [1.165, 1.54) is 0 Å². The van der Waals surface area contributed by atoms with Crippen LogP contribution in [-0.4, -0.2) is 45.9 Å². The van der Waals surface area contributed by atoms with Gasteiger partial charge in [0.15, 0.2) is 5.82 Å². The molecule has 0 aliphatic carbocycles. The Morgan fingerprint density at radius 2 is 1.79 bits per heavy atom. The summed E-state index contributed by atoms with van der Waals surface area (Å²) < 4.78 is 5.88. The fourth-order valence-electron chi connectivity index (χ4n) is 4.68. The van der Waals surface area contributed by atoms with Gasteiger partial charge < -0.3 is 30.7 Å². The van der Waals surface area contributed by atoms with E-state index in [-0.39, 0.29) is 23.0 Å². The van der Waals surface area contributed by atoms with E-state index < -0.39 is 11.6 Å². The lowest BCUT2D eigenvalue weighted by Gasteiger charge is -2.34. The van der Waals surface area contributed by atoms with Gasteiger partial charge in [-0.3, -0.25) is 9.59 Å². The van der Waals surface area contributed by atoms with Crippen molar-refractivity contribution in [2.75, 3.05) is 18.0 Å². The number of aromatic amines is 2. The number of hydrogen-bond acceptors (Lipinski definition) is 6. The number of nitrogens with zero attached hydrogens (tertiary/aromatic N) is 2. The Bertz CT molecular complexity index is 1610. The van der Waals surface area contributed by atoms with Crippen molar-refractivity contribution in [1.29, 1.82) is 0 Å². The van der Waals surface area contributed by atoms with Gasteiger partial charge in [0.25, 0.3) is 11.8 Å². The Morgan fingerprint density at radius 3 is 2.50 bits per heavy atom. The Balaban J connectivity index is 1.55. The first kappa shape index (κ1) is 24.6. The monoisotopic (exact) mass is 510 g/mol. The van der Waals surface area contributed by atoms with Gasteiger partial charge in [0.2, 0.25) is 0 Å². The zero-order valence-electron chi connectivity index (χ0n) is 20.7. The number of carbonyl (C=O) groups is 2. The first-order valence-corrected chi connectivity index (χ1v) is 12.2. The molecule has 5 rings (SSSR count). The van der Waals surface area contributed by atoms with Gasteiger partial charge in [-0.25, -0.2) is 9.78 Å². The van der Waals surface area contributed by atoms with Crippen LogP contribution in [0, 0.1) is 11.8 Å². The maximum atomic E-state index is 12.6. The van der Waals surface area contributed by atoms with Gasteiger partial charge in [-0.1, -0.05) is 24.1 Å². The topological polar surface area (TPSA) is 146 Å². The van der Waals surface area contributed by atoms with Gasteiger partial charge in [0.1, 0.15) is 17.0 Å². The van der Waals surface area contributed by atoms with Gasteiger partial charge in [0.05, 0.1) is 16.8 Å². The van der Waals surface area contributed by atoms with E-state index in [1.807, 2.05) is 35.2 Å². The molecule has 1 aliphatic heterocycles. The van der Waals surface area contributed by atoms with Crippen LogP contribution in [0.4, 0.5) is 5.82 Å². The number of rotatable bonds is 6. The molecule has 10 nitrogen and oxygen atoms in total. The Kier molecular flexibility index (Phi) is 6.82. The number of nitrogens with one attached hydrogen (secondary N) is 3. The van der Waals surface area contributed by atoms with Crippen LogP contribution >= 0.6 is 0 Å². The summed E-state index contributed by atoms with van der Waals surface area (Å²) in [5.41, 5.74) is 7.05. The summed E-state index contributed by atoms with van der Waals surface area (Å²) in [6.07, 6.45) is 1.58. The summed E-state index contributed by atoms with van der Waals surface area (Å²) in [6.45, 7) is 2.73. The molecule has 2 aromatic heterocycles. The first-order valence-electron chi connectivity index (χ1n) is 12.2. The van der Waals surface area contributed by atoms with Crippen LogP contribution in [0.15, 0.2) is 59.4 Å². The second-order valence-electron chi connectivity index (χ2n) is 8.93. The second-order valence-corrected chi connectivity index (χ2v) is 8.93. The number of carbonyl (C=O) groups excluding carboxylic acids is 2. The molecule has 0 saturated carbocycles. The van der Waals surface area contributed by atoms with Gasteiger partial charge >= 0.3 is 5.69 Å². The highest BCUT2D eigenvalue weighted by Gasteiger charge is 2.28. The number of ether oxygens (including phenoxy) is 1. The fraction of sp³-hybridized carbons (Fsp3) is 0.214. The van der Waals surface area contributed by atoms with Gasteiger partial charge in [-0.2, -0.15) is 0 Å². The standard InChI is InChI=1S/C28H26N6O4/c1-2-7-21(35)30-18-8-6-15-34(16-18)27-25-24(32-28(37)33-25)22(26(29)36)23(31-27)17-11-13-20(14-12-17)38-19-9-4-3-5-10-19/h3-5,9-14,18H,6,8,15-16H2,1H3,(H2,29,36)(H,30,35)(H2,32,33,37). The van der Waals surface area contributed by atoms with Crippen molar-refractivity contribution in [3.05, 3.63) is 70.6 Å². The molecule has 38 heavy (non-hydrogen) atoms. The molecule has 10 heteroatoms. The summed E-state index contributed by atoms with van der Waals surface area (Å²) in [4.78, 5) is 49.3. The number of hydrogen-bond donors (Lipinski definition) is 4. The van der Waals surface area contributed by atoms with Gasteiger partial charge in [0, 0.05) is 24.7 Å². The highest BCUT2D eigenvalue weighted by molar-refractivity contribution is 6.11. The molecule has 1 atom stereocenters. The number of para-hydroxylation sites is 1. The normalized spacial score (nSPS) is 15.0. The van der Waals surface area contributed by atoms with Crippen LogP contribution in [0.5, 0.6) is 11.5 Å². The average molecular weight is 511 g/mol. The minimum Gasteiger partial charge on any atom is -0.457 e. The summed E-state index contributed by atoms with van der Waals surface area (Å²) in [6, 6.07) is 16.4. The Hall–Kier alpha value is -5.04. The summed E-state index contributed by atoms with van der Waals surface area (Å²) >= 11 is 0. The van der Waals surface area contributed by atoms with Crippen LogP contribution in [-0.2, 0) is 4.79 Å². The molecular weight excluding hydrogens is 484 g/mol. The third-order valence-corrected chi connectivity index (χ3v) is 6.30. The summed E-state index contributed by atoms with van der Waals surface area (Å²) in [7, 11) is 0. The third kappa shape index (κ3) is 5.08. The number of piperidine rings is 1. The molecule has 0 bridgehead atoms. The Labute approximate surface area is 218 Å². The van der Waals surface area contributed by atoms with E-state index in [0.29, 0.717) is 47.2 Å². The lowest BCUT2D eigenvalue weighted by Crippen LogP contribution is -2.48. The quantitative estimate of drug-likeness (QED) is 0.293. The van der Waals surface area contributed by atoms with Crippen molar-refractivity contribution < 1.29 is 14.3 Å². The zero-order chi connectivity index (χ0) is 26.6. The van der Waals surface area contributed by atoms with Crippen molar-refractivity contribution in [2.24, 2.45) is 5.73 Å². The molecule has 1 aliphatic rings. The molecule has 2 aromatic carbocycles. The predicted octanol–water partition coefficient (Wildman–Crippen LogP) is 2.92. The zero-order valence-corrected chi connectivity index (χ0v) is 20.7. The van der Waals surface area contributed by atoms with Crippen molar-refractivity contribution >= 4 is 28.7 Å². The first-order chi connectivity index (χ1) is 18.4. The van der Waals surface area contributed by atoms with E-state index >= 15 is 0 Å². The number of nitrogens with two attached hydrogens (primary N) is 1. The van der Waals surface area contributed by atoms with Crippen LogP contribution in [0.3, 0.4) is 0 Å². The van der Waals surface area contributed by atoms with Crippen molar-refractivity contribution in [3.63, 3.8) is 0 Å². The largest absolute Gasteiger partial charge is 0.457 e. The molecule has 1 fully saturated rings. The van der Waals surface area contributed by atoms with Crippen LogP contribution in [0.2, 0.25) is 0 Å².